The van der Waals surface area contributed by atoms with Gasteiger partial charge in [0.1, 0.15) is 17.7 Å². The lowest BCUT2D eigenvalue weighted by atomic mass is 10.0. The Labute approximate surface area is 167 Å². The molecule has 1 atom stereocenters. The molecule has 150 valence electrons. The summed E-state index contributed by atoms with van der Waals surface area (Å²) >= 11 is 0. The Kier molecular flexibility index (Phi) is 4.31. The van der Waals surface area contributed by atoms with Crippen molar-refractivity contribution < 1.29 is 14.4 Å². The number of carbonyl (C=O) groups is 3. The molecule has 1 fully saturated rings. The Morgan fingerprint density at radius 3 is 3.00 bits per heavy atom. The maximum Gasteiger partial charge on any atom is 0.255 e. The third-order valence-electron chi connectivity index (χ3n) is 5.87. The van der Waals surface area contributed by atoms with Gasteiger partial charge in [-0.05, 0) is 23.6 Å². The van der Waals surface area contributed by atoms with Crippen LogP contribution in [0.15, 0.2) is 24.4 Å². The number of hydrogen-bond donors (Lipinski definition) is 3. The van der Waals surface area contributed by atoms with E-state index in [1.54, 1.807) is 11.0 Å². The van der Waals surface area contributed by atoms with Crippen molar-refractivity contribution in [2.24, 2.45) is 0 Å². The van der Waals surface area contributed by atoms with Crippen LogP contribution in [0.4, 0.5) is 5.82 Å². The average molecular weight is 394 g/mol. The molecule has 9 heteroatoms. The Morgan fingerprint density at radius 2 is 2.14 bits per heavy atom. The average Bonchev–Trinajstić information content (AvgIpc) is 3.28. The molecule has 5 rings (SSSR count). The predicted octanol–water partition coefficient (Wildman–Crippen LogP) is 0.359. The van der Waals surface area contributed by atoms with E-state index < -0.39 is 6.04 Å². The van der Waals surface area contributed by atoms with Crippen LogP contribution in [-0.2, 0) is 35.8 Å². The van der Waals surface area contributed by atoms with Crippen molar-refractivity contribution in [3.63, 3.8) is 0 Å². The highest BCUT2D eigenvalue weighted by Gasteiger charge is 2.39. The Hall–Kier alpha value is -3.20. The molecular formula is C20H22N6O3. The molecule has 1 unspecified atom stereocenters. The maximum atomic E-state index is 12.9. The van der Waals surface area contributed by atoms with Crippen molar-refractivity contribution in [1.29, 1.82) is 0 Å². The molecule has 0 saturated carbocycles. The number of benzene rings is 1. The highest BCUT2D eigenvalue weighted by Crippen LogP contribution is 2.30. The predicted molar refractivity (Wildman–Crippen MR) is 104 cm³/mol. The molecule has 1 aromatic carbocycles. The Morgan fingerprint density at radius 1 is 1.24 bits per heavy atom. The van der Waals surface area contributed by atoms with Gasteiger partial charge >= 0.3 is 0 Å². The van der Waals surface area contributed by atoms with E-state index in [1.807, 2.05) is 18.3 Å². The standard InChI is InChI=1S/C20H22N6O3/c27-18-5-4-15(19(28)24-18)26-11-14-12(2-1-3-13(14)20(26)29)8-22-17-10-23-16-9-21-6-7-25(16)17/h1-3,10,15,21-22H,4-9,11H2,(H,24,27,28). The summed E-state index contributed by atoms with van der Waals surface area (Å²) in [5, 5.41) is 9.08. The second-order valence-corrected chi connectivity index (χ2v) is 7.58. The number of anilines is 1. The number of aromatic nitrogens is 2. The topological polar surface area (TPSA) is 108 Å². The van der Waals surface area contributed by atoms with Crippen LogP contribution in [0.1, 0.15) is 40.2 Å². The summed E-state index contributed by atoms with van der Waals surface area (Å²) in [7, 11) is 0. The second kappa shape index (κ2) is 7.00. The van der Waals surface area contributed by atoms with Crippen molar-refractivity contribution in [1.82, 2.24) is 25.1 Å². The number of imide groups is 1. The summed E-state index contributed by atoms with van der Waals surface area (Å²) in [5.74, 6) is 1.16. The molecule has 3 N–H and O–H groups in total. The van der Waals surface area contributed by atoms with Crippen LogP contribution in [0.25, 0.3) is 0 Å². The van der Waals surface area contributed by atoms with E-state index in [-0.39, 0.29) is 24.1 Å². The number of nitrogens with one attached hydrogen (secondary N) is 3. The largest absolute Gasteiger partial charge is 0.366 e. The maximum absolute atomic E-state index is 12.9. The van der Waals surface area contributed by atoms with Crippen LogP contribution in [0, 0.1) is 0 Å². The molecule has 0 aliphatic carbocycles. The number of carbonyl (C=O) groups excluding carboxylic acids is 3. The van der Waals surface area contributed by atoms with Gasteiger partial charge in [-0.2, -0.15) is 0 Å². The van der Waals surface area contributed by atoms with Gasteiger partial charge in [0.25, 0.3) is 5.91 Å². The van der Waals surface area contributed by atoms with E-state index in [2.05, 4.69) is 25.5 Å². The van der Waals surface area contributed by atoms with Crippen molar-refractivity contribution in [3.05, 3.63) is 46.9 Å². The molecular weight excluding hydrogens is 372 g/mol. The molecule has 3 amide bonds. The van der Waals surface area contributed by atoms with Crippen molar-refractivity contribution in [2.45, 2.75) is 45.1 Å². The van der Waals surface area contributed by atoms with Gasteiger partial charge in [-0.3, -0.25) is 19.7 Å². The second-order valence-electron chi connectivity index (χ2n) is 7.58. The van der Waals surface area contributed by atoms with Gasteiger partial charge in [-0.25, -0.2) is 4.98 Å². The van der Waals surface area contributed by atoms with Gasteiger partial charge in [0.05, 0.1) is 12.7 Å². The first-order valence-electron chi connectivity index (χ1n) is 9.86. The number of amides is 3. The minimum Gasteiger partial charge on any atom is -0.366 e. The van der Waals surface area contributed by atoms with E-state index in [0.717, 1.165) is 42.4 Å². The molecule has 9 nitrogen and oxygen atoms in total. The third-order valence-corrected chi connectivity index (χ3v) is 5.87. The van der Waals surface area contributed by atoms with Gasteiger partial charge in [0, 0.05) is 38.2 Å². The van der Waals surface area contributed by atoms with Crippen molar-refractivity contribution in [2.75, 3.05) is 11.9 Å². The van der Waals surface area contributed by atoms with Gasteiger partial charge < -0.3 is 20.1 Å². The fourth-order valence-electron chi connectivity index (χ4n) is 4.34. The Bertz CT molecular complexity index is 1010. The first-order chi connectivity index (χ1) is 14.1. The van der Waals surface area contributed by atoms with E-state index in [1.165, 1.54) is 0 Å². The summed E-state index contributed by atoms with van der Waals surface area (Å²) in [5.41, 5.74) is 2.60. The smallest absolute Gasteiger partial charge is 0.255 e. The van der Waals surface area contributed by atoms with Crippen LogP contribution in [-0.4, -0.2) is 44.8 Å². The number of fused-ring (bicyclic) bond motifs is 2. The summed E-state index contributed by atoms with van der Waals surface area (Å²) < 4.78 is 2.17. The minimum atomic E-state index is -0.595. The molecule has 1 aromatic heterocycles. The monoisotopic (exact) mass is 394 g/mol. The number of hydrogen-bond acceptors (Lipinski definition) is 6. The lowest BCUT2D eigenvalue weighted by Crippen LogP contribution is -2.52. The lowest BCUT2D eigenvalue weighted by molar-refractivity contribution is -0.136. The highest BCUT2D eigenvalue weighted by molar-refractivity contribution is 6.05. The van der Waals surface area contributed by atoms with Gasteiger partial charge in [-0.15, -0.1) is 0 Å². The van der Waals surface area contributed by atoms with Gasteiger partial charge in [0.2, 0.25) is 11.8 Å². The van der Waals surface area contributed by atoms with E-state index >= 15 is 0 Å². The van der Waals surface area contributed by atoms with Crippen molar-refractivity contribution in [3.8, 4) is 0 Å². The number of nitrogens with zero attached hydrogens (tertiary/aromatic N) is 3. The van der Waals surface area contributed by atoms with Gasteiger partial charge in [-0.1, -0.05) is 12.1 Å². The zero-order chi connectivity index (χ0) is 20.0. The first kappa shape index (κ1) is 17.9. The van der Waals surface area contributed by atoms with Crippen LogP contribution in [0.3, 0.4) is 0 Å². The third kappa shape index (κ3) is 3.07. The SMILES string of the molecule is O=C1CCC(N2Cc3c(CNc4cnc5n4CCNC5)cccc3C2=O)C(=O)N1. The van der Waals surface area contributed by atoms with Crippen LogP contribution >= 0.6 is 0 Å². The Balaban J connectivity index is 1.35. The summed E-state index contributed by atoms with van der Waals surface area (Å²) in [6, 6.07) is 5.08. The molecule has 1 saturated heterocycles. The van der Waals surface area contributed by atoms with Crippen LogP contribution in [0.2, 0.25) is 0 Å². The van der Waals surface area contributed by atoms with Crippen LogP contribution in [0.5, 0.6) is 0 Å². The fourth-order valence-corrected chi connectivity index (χ4v) is 4.34. The van der Waals surface area contributed by atoms with Crippen molar-refractivity contribution >= 4 is 23.5 Å². The normalized spacial score (nSPS) is 21.0. The number of imidazole rings is 1. The van der Waals surface area contributed by atoms with E-state index in [0.29, 0.717) is 25.1 Å². The molecule has 29 heavy (non-hydrogen) atoms. The zero-order valence-corrected chi connectivity index (χ0v) is 15.9. The molecule has 0 radical (unpaired) electrons. The number of rotatable bonds is 4. The van der Waals surface area contributed by atoms with Crippen LogP contribution < -0.4 is 16.0 Å². The summed E-state index contributed by atoms with van der Waals surface area (Å²) in [6.45, 7) is 3.49. The molecule has 3 aliphatic heterocycles. The summed E-state index contributed by atoms with van der Waals surface area (Å²) in [6.07, 6.45) is 2.46. The molecule has 0 spiro atoms. The lowest BCUT2D eigenvalue weighted by Gasteiger charge is -2.29. The minimum absolute atomic E-state index is 0.149. The number of piperidine rings is 1. The zero-order valence-electron chi connectivity index (χ0n) is 15.9. The fraction of sp³-hybridized carbons (Fsp3) is 0.400. The van der Waals surface area contributed by atoms with E-state index in [9.17, 15) is 14.4 Å². The molecule has 2 aromatic rings. The molecule has 3 aliphatic rings. The molecule has 4 heterocycles. The summed E-state index contributed by atoms with van der Waals surface area (Å²) in [4.78, 5) is 42.6. The highest BCUT2D eigenvalue weighted by atomic mass is 16.2. The molecule has 0 bridgehead atoms. The van der Waals surface area contributed by atoms with Gasteiger partial charge in [0.15, 0.2) is 0 Å². The quantitative estimate of drug-likeness (QED) is 0.646. The van der Waals surface area contributed by atoms with E-state index in [4.69, 9.17) is 0 Å². The first-order valence-corrected chi connectivity index (χ1v) is 9.86.